The van der Waals surface area contributed by atoms with Crippen LogP contribution in [0.15, 0.2) is 48.7 Å². The number of fused-ring (bicyclic) bond motifs is 1. The topological polar surface area (TPSA) is 46.9 Å². The van der Waals surface area contributed by atoms with Gasteiger partial charge >= 0.3 is 0 Å². The monoisotopic (exact) mass is 253 g/mol. The summed E-state index contributed by atoms with van der Waals surface area (Å²) in [5.74, 6) is 0.484. The van der Waals surface area contributed by atoms with Gasteiger partial charge in [-0.3, -0.25) is 4.79 Å². The first-order chi connectivity index (χ1) is 9.20. The van der Waals surface area contributed by atoms with Crippen LogP contribution in [-0.2, 0) is 0 Å². The third-order valence-corrected chi connectivity index (χ3v) is 3.40. The zero-order chi connectivity index (χ0) is 13.4. The van der Waals surface area contributed by atoms with Crippen LogP contribution in [-0.4, -0.2) is 15.7 Å². The van der Waals surface area contributed by atoms with Gasteiger partial charge in [-0.1, -0.05) is 43.8 Å². The van der Waals surface area contributed by atoms with Crippen molar-refractivity contribution in [2.75, 3.05) is 5.32 Å². The Morgan fingerprint density at radius 3 is 2.79 bits per heavy atom. The van der Waals surface area contributed by atoms with Gasteiger partial charge in [-0.25, -0.2) is 0 Å². The summed E-state index contributed by atoms with van der Waals surface area (Å²) in [6, 6.07) is 11.7. The number of carbonyl (C=O) groups is 1. The Hall–Kier alpha value is -2.36. The highest BCUT2D eigenvalue weighted by Gasteiger charge is 2.30. The van der Waals surface area contributed by atoms with E-state index in [9.17, 15) is 4.79 Å². The number of nitrogens with one attached hydrogen (secondary N) is 1. The van der Waals surface area contributed by atoms with Gasteiger partial charge in [-0.15, -0.1) is 0 Å². The summed E-state index contributed by atoms with van der Waals surface area (Å²) in [5.41, 5.74) is 2.54. The van der Waals surface area contributed by atoms with Gasteiger partial charge < -0.3 is 5.32 Å². The Morgan fingerprint density at radius 1 is 1.37 bits per heavy atom. The molecule has 1 aromatic heterocycles. The molecule has 2 aromatic rings. The molecule has 0 spiro atoms. The van der Waals surface area contributed by atoms with Crippen molar-refractivity contribution in [1.29, 1.82) is 0 Å². The molecule has 4 heteroatoms. The van der Waals surface area contributed by atoms with Gasteiger partial charge in [0.2, 0.25) is 0 Å². The zero-order valence-electron chi connectivity index (χ0n) is 10.8. The third kappa shape index (κ3) is 1.85. The fourth-order valence-corrected chi connectivity index (χ4v) is 2.36. The van der Waals surface area contributed by atoms with Crippen molar-refractivity contribution in [3.63, 3.8) is 0 Å². The lowest BCUT2D eigenvalue weighted by Crippen LogP contribution is -2.32. The molecular formula is C15H15N3O. The van der Waals surface area contributed by atoms with Gasteiger partial charge in [0.25, 0.3) is 5.91 Å². The molecule has 1 unspecified atom stereocenters. The van der Waals surface area contributed by atoms with Crippen molar-refractivity contribution in [2.45, 2.75) is 13.3 Å². The number of benzene rings is 1. The number of allylic oxidation sites excluding steroid dienone is 1. The van der Waals surface area contributed by atoms with E-state index in [-0.39, 0.29) is 11.8 Å². The first-order valence-corrected chi connectivity index (χ1v) is 6.36. The summed E-state index contributed by atoms with van der Waals surface area (Å²) in [6.45, 7) is 5.90. The second kappa shape index (κ2) is 4.39. The molecule has 2 heterocycles. The van der Waals surface area contributed by atoms with Crippen LogP contribution in [0.3, 0.4) is 0 Å². The molecule has 1 atom stereocenters. The highest BCUT2D eigenvalue weighted by atomic mass is 16.2. The molecule has 19 heavy (non-hydrogen) atoms. The molecule has 1 aliphatic rings. The Labute approximate surface area is 111 Å². The predicted octanol–water partition coefficient (Wildman–Crippen LogP) is 3.16. The first-order valence-electron chi connectivity index (χ1n) is 6.36. The summed E-state index contributed by atoms with van der Waals surface area (Å²) in [7, 11) is 0. The average molecular weight is 253 g/mol. The Morgan fingerprint density at radius 2 is 2.11 bits per heavy atom. The molecule has 96 valence electrons. The smallest absolute Gasteiger partial charge is 0.257 e. The van der Waals surface area contributed by atoms with E-state index in [1.165, 1.54) is 4.68 Å². The standard InChI is InChI=1S/C15H15N3O/c1-3-12-10(2)16-14-9-13(17-18(14)15(12)19)11-7-5-4-6-8-11/h4-9,12,16H,2-3H2,1H3. The molecule has 0 radical (unpaired) electrons. The quantitative estimate of drug-likeness (QED) is 0.894. The van der Waals surface area contributed by atoms with Crippen molar-refractivity contribution in [1.82, 2.24) is 9.78 Å². The van der Waals surface area contributed by atoms with E-state index in [1.807, 2.05) is 43.3 Å². The number of anilines is 1. The van der Waals surface area contributed by atoms with Gasteiger partial charge in [-0.2, -0.15) is 9.78 Å². The largest absolute Gasteiger partial charge is 0.343 e. The van der Waals surface area contributed by atoms with E-state index in [4.69, 9.17) is 0 Å². The second-order valence-electron chi connectivity index (χ2n) is 4.64. The summed E-state index contributed by atoms with van der Waals surface area (Å²) in [6.07, 6.45) is 0.727. The number of aromatic nitrogens is 2. The molecule has 0 saturated heterocycles. The van der Waals surface area contributed by atoms with Gasteiger partial charge in [0, 0.05) is 17.3 Å². The van der Waals surface area contributed by atoms with Crippen LogP contribution < -0.4 is 5.32 Å². The fourth-order valence-electron chi connectivity index (χ4n) is 2.36. The molecule has 1 aromatic carbocycles. The molecule has 1 aliphatic heterocycles. The van der Waals surface area contributed by atoms with E-state index in [1.54, 1.807) is 0 Å². The highest BCUT2D eigenvalue weighted by molar-refractivity contribution is 5.90. The third-order valence-electron chi connectivity index (χ3n) is 3.40. The van der Waals surface area contributed by atoms with Gasteiger partial charge in [0.15, 0.2) is 0 Å². The predicted molar refractivity (Wildman–Crippen MR) is 74.8 cm³/mol. The molecule has 0 bridgehead atoms. The van der Waals surface area contributed by atoms with Crippen molar-refractivity contribution in [2.24, 2.45) is 5.92 Å². The summed E-state index contributed by atoms with van der Waals surface area (Å²) in [4.78, 5) is 12.3. The minimum Gasteiger partial charge on any atom is -0.343 e. The van der Waals surface area contributed by atoms with Crippen LogP contribution in [0.1, 0.15) is 18.1 Å². The van der Waals surface area contributed by atoms with Crippen LogP contribution in [0.4, 0.5) is 5.82 Å². The molecule has 3 rings (SSSR count). The number of nitrogens with zero attached hydrogens (tertiary/aromatic N) is 2. The van der Waals surface area contributed by atoms with E-state index in [2.05, 4.69) is 17.0 Å². The van der Waals surface area contributed by atoms with Gasteiger partial charge in [0.1, 0.15) is 5.82 Å². The summed E-state index contributed by atoms with van der Waals surface area (Å²) >= 11 is 0. The number of hydrogen-bond acceptors (Lipinski definition) is 3. The molecule has 0 aliphatic carbocycles. The molecule has 0 saturated carbocycles. The van der Waals surface area contributed by atoms with E-state index >= 15 is 0 Å². The molecule has 0 fully saturated rings. The van der Waals surface area contributed by atoms with Crippen LogP contribution in [0.5, 0.6) is 0 Å². The lowest BCUT2D eigenvalue weighted by Gasteiger charge is -2.24. The minimum absolute atomic E-state index is 0.0107. The molecule has 4 nitrogen and oxygen atoms in total. The van der Waals surface area contributed by atoms with Crippen LogP contribution in [0.25, 0.3) is 11.3 Å². The van der Waals surface area contributed by atoms with Crippen molar-refractivity contribution >= 4 is 11.7 Å². The van der Waals surface area contributed by atoms with Gasteiger partial charge in [0.05, 0.1) is 11.6 Å². The van der Waals surface area contributed by atoms with E-state index < -0.39 is 0 Å². The van der Waals surface area contributed by atoms with Gasteiger partial charge in [-0.05, 0) is 6.42 Å². The molecule has 0 amide bonds. The SMILES string of the molecule is C=C1Nc2cc(-c3ccccc3)nn2C(=O)C1CC. The van der Waals surface area contributed by atoms with E-state index in [0.29, 0.717) is 5.82 Å². The maximum absolute atomic E-state index is 12.3. The Balaban J connectivity index is 2.05. The van der Waals surface area contributed by atoms with Crippen LogP contribution >= 0.6 is 0 Å². The summed E-state index contributed by atoms with van der Waals surface area (Å²) in [5, 5.41) is 7.56. The second-order valence-corrected chi connectivity index (χ2v) is 4.64. The molecule has 1 N–H and O–H groups in total. The van der Waals surface area contributed by atoms with Crippen molar-refractivity contribution in [3.8, 4) is 11.3 Å². The van der Waals surface area contributed by atoms with E-state index in [0.717, 1.165) is 23.4 Å². The fraction of sp³-hybridized carbons (Fsp3) is 0.200. The Kier molecular flexibility index (Phi) is 2.71. The minimum atomic E-state index is -0.198. The number of carbonyl (C=O) groups excluding carboxylic acids is 1. The number of hydrogen-bond donors (Lipinski definition) is 1. The molecular weight excluding hydrogens is 238 g/mol. The highest BCUT2D eigenvalue weighted by Crippen LogP contribution is 2.29. The maximum atomic E-state index is 12.3. The summed E-state index contributed by atoms with van der Waals surface area (Å²) < 4.78 is 1.45. The first kappa shape index (κ1) is 11.7. The van der Waals surface area contributed by atoms with Crippen molar-refractivity contribution in [3.05, 3.63) is 48.7 Å². The Bertz CT molecular complexity index is 643. The normalized spacial score (nSPS) is 18.1. The number of rotatable bonds is 2. The van der Waals surface area contributed by atoms with Crippen molar-refractivity contribution < 1.29 is 4.79 Å². The lowest BCUT2D eigenvalue weighted by molar-refractivity contribution is 0.0832. The average Bonchev–Trinajstić information content (AvgIpc) is 2.84. The van der Waals surface area contributed by atoms with Crippen LogP contribution in [0.2, 0.25) is 0 Å². The maximum Gasteiger partial charge on any atom is 0.257 e. The lowest BCUT2D eigenvalue weighted by atomic mass is 10.0. The van der Waals surface area contributed by atoms with Crippen LogP contribution in [0, 0.1) is 5.92 Å². The zero-order valence-corrected chi connectivity index (χ0v) is 10.8.